The number of hydrogen-bond acceptors (Lipinski definition) is 6. The van der Waals surface area contributed by atoms with Gasteiger partial charge in [-0.3, -0.25) is 24.5 Å². The van der Waals surface area contributed by atoms with Gasteiger partial charge in [0.1, 0.15) is 5.69 Å². The zero-order valence-electron chi connectivity index (χ0n) is 16.5. The minimum atomic E-state index is -0.782. The van der Waals surface area contributed by atoms with Crippen LogP contribution in [-0.2, 0) is 9.59 Å². The first-order chi connectivity index (χ1) is 14.2. The average Bonchev–Trinajstić information content (AvgIpc) is 2.81. The average molecular weight is 411 g/mol. The Hall–Kier alpha value is -3.95. The Morgan fingerprint density at radius 1 is 1.30 bits per heavy atom. The van der Waals surface area contributed by atoms with Gasteiger partial charge in [-0.15, -0.1) is 0 Å². The molecule has 3 N–H and O–H groups in total. The summed E-state index contributed by atoms with van der Waals surface area (Å²) in [6.45, 7) is 1.59. The third-order valence-electron chi connectivity index (χ3n) is 4.87. The van der Waals surface area contributed by atoms with Gasteiger partial charge >= 0.3 is 0 Å². The van der Waals surface area contributed by atoms with Gasteiger partial charge in [0.25, 0.3) is 5.69 Å². The summed E-state index contributed by atoms with van der Waals surface area (Å²) in [6, 6.07) is 10.4. The number of amides is 3. The molecular formula is C20H21N5O5. The topological polar surface area (TPSA) is 139 Å². The molecule has 1 atom stereocenters. The fourth-order valence-corrected chi connectivity index (χ4v) is 3.48. The van der Waals surface area contributed by atoms with E-state index in [9.17, 15) is 24.5 Å². The number of para-hydroxylation sites is 2. The van der Waals surface area contributed by atoms with E-state index in [-0.39, 0.29) is 41.7 Å². The number of carbonyl (C=O) groups is 3. The van der Waals surface area contributed by atoms with E-state index in [0.717, 1.165) is 6.07 Å². The van der Waals surface area contributed by atoms with Gasteiger partial charge in [-0.1, -0.05) is 12.1 Å². The quantitative estimate of drug-likeness (QED) is 0.569. The predicted molar refractivity (Wildman–Crippen MR) is 112 cm³/mol. The highest BCUT2D eigenvalue weighted by Crippen LogP contribution is 2.32. The molecule has 156 valence electrons. The monoisotopic (exact) mass is 411 g/mol. The molecule has 3 rings (SSSR count). The number of nitrogens with zero attached hydrogens (tertiary/aromatic N) is 3. The van der Waals surface area contributed by atoms with Crippen LogP contribution in [0.3, 0.4) is 0 Å². The molecule has 30 heavy (non-hydrogen) atoms. The number of nitrogens with two attached hydrogens (primary N) is 1. The number of primary amides is 1. The van der Waals surface area contributed by atoms with Crippen molar-refractivity contribution in [3.8, 4) is 0 Å². The highest BCUT2D eigenvalue weighted by atomic mass is 16.6. The van der Waals surface area contributed by atoms with Gasteiger partial charge in [-0.2, -0.15) is 0 Å². The summed E-state index contributed by atoms with van der Waals surface area (Å²) < 4.78 is 0. The summed E-state index contributed by atoms with van der Waals surface area (Å²) in [4.78, 5) is 50.4. The third-order valence-corrected chi connectivity index (χ3v) is 4.87. The predicted octanol–water partition coefficient (Wildman–Crippen LogP) is 1.89. The molecule has 1 heterocycles. The number of fused-ring (bicyclic) bond motifs is 1. The van der Waals surface area contributed by atoms with E-state index < -0.39 is 16.9 Å². The van der Waals surface area contributed by atoms with Gasteiger partial charge in [0.05, 0.1) is 22.8 Å². The van der Waals surface area contributed by atoms with Gasteiger partial charge < -0.3 is 20.9 Å². The van der Waals surface area contributed by atoms with Gasteiger partial charge in [-0.25, -0.2) is 0 Å². The van der Waals surface area contributed by atoms with Crippen molar-refractivity contribution < 1.29 is 19.3 Å². The number of nitro groups is 1. The number of nitrogens with one attached hydrogen (secondary N) is 1. The van der Waals surface area contributed by atoms with Crippen LogP contribution in [0.5, 0.6) is 0 Å². The van der Waals surface area contributed by atoms with Crippen LogP contribution in [0.25, 0.3) is 0 Å². The SMILES string of the molecule is C[C@H]1CC(=O)Nc2ccccc2N1C(=O)CN(C)c1ccc(C(N)=O)cc1[N+](=O)[O-]. The normalized spacial score (nSPS) is 15.6. The first-order valence-electron chi connectivity index (χ1n) is 9.19. The molecule has 0 aromatic heterocycles. The van der Waals surface area contributed by atoms with Crippen molar-refractivity contribution in [2.45, 2.75) is 19.4 Å². The molecule has 0 fully saturated rings. The van der Waals surface area contributed by atoms with Crippen molar-refractivity contribution in [2.24, 2.45) is 5.73 Å². The van der Waals surface area contributed by atoms with Crippen molar-refractivity contribution in [1.82, 2.24) is 0 Å². The van der Waals surface area contributed by atoms with Crippen LogP contribution in [0.1, 0.15) is 23.7 Å². The van der Waals surface area contributed by atoms with E-state index in [1.807, 2.05) is 0 Å². The number of benzene rings is 2. The number of anilines is 3. The molecule has 1 aliphatic rings. The van der Waals surface area contributed by atoms with Crippen LogP contribution in [0.2, 0.25) is 0 Å². The molecule has 0 bridgehead atoms. The first-order valence-corrected chi connectivity index (χ1v) is 9.19. The zero-order valence-corrected chi connectivity index (χ0v) is 16.5. The molecule has 3 amide bonds. The van der Waals surface area contributed by atoms with Crippen molar-refractivity contribution >= 4 is 40.5 Å². The molecule has 0 saturated carbocycles. The number of carbonyl (C=O) groups excluding carboxylic acids is 3. The van der Waals surface area contributed by atoms with Crippen molar-refractivity contribution in [1.29, 1.82) is 0 Å². The van der Waals surface area contributed by atoms with Crippen molar-refractivity contribution in [2.75, 3.05) is 28.7 Å². The summed E-state index contributed by atoms with van der Waals surface area (Å²) >= 11 is 0. The summed E-state index contributed by atoms with van der Waals surface area (Å²) in [5.74, 6) is -1.31. The second-order valence-electron chi connectivity index (χ2n) is 7.06. The fraction of sp³-hybridized carbons (Fsp3) is 0.250. The summed E-state index contributed by atoms with van der Waals surface area (Å²) in [7, 11) is 1.54. The van der Waals surface area contributed by atoms with Gasteiger partial charge in [0.2, 0.25) is 17.7 Å². The van der Waals surface area contributed by atoms with E-state index in [1.165, 1.54) is 21.9 Å². The lowest BCUT2D eigenvalue weighted by molar-refractivity contribution is -0.384. The molecule has 2 aromatic carbocycles. The Kier molecular flexibility index (Phi) is 5.67. The molecule has 0 radical (unpaired) electrons. The lowest BCUT2D eigenvalue weighted by Crippen LogP contribution is -2.44. The van der Waals surface area contributed by atoms with Crippen LogP contribution in [0.4, 0.5) is 22.7 Å². The molecular weight excluding hydrogens is 390 g/mol. The maximum Gasteiger partial charge on any atom is 0.293 e. The molecule has 2 aromatic rings. The Morgan fingerprint density at radius 2 is 2.00 bits per heavy atom. The van der Waals surface area contributed by atoms with Crippen LogP contribution < -0.4 is 20.9 Å². The third kappa shape index (κ3) is 4.07. The minimum absolute atomic E-state index is 0.00447. The summed E-state index contributed by atoms with van der Waals surface area (Å²) in [5.41, 5.74) is 6.14. The van der Waals surface area contributed by atoms with Crippen LogP contribution in [0.15, 0.2) is 42.5 Å². The lowest BCUT2D eigenvalue weighted by atomic mass is 10.1. The lowest BCUT2D eigenvalue weighted by Gasteiger charge is -2.30. The zero-order chi connectivity index (χ0) is 22.0. The van der Waals surface area contributed by atoms with Gasteiger partial charge in [0, 0.05) is 31.1 Å². The minimum Gasteiger partial charge on any atom is -0.366 e. The summed E-state index contributed by atoms with van der Waals surface area (Å²) in [5, 5.41) is 14.3. The first kappa shape index (κ1) is 20.8. The molecule has 0 unspecified atom stereocenters. The van der Waals surface area contributed by atoms with E-state index in [0.29, 0.717) is 11.4 Å². The highest BCUT2D eigenvalue weighted by Gasteiger charge is 2.31. The number of likely N-dealkylation sites (N-methyl/N-ethyl adjacent to an activating group) is 1. The van der Waals surface area contributed by atoms with Gasteiger partial charge in [-0.05, 0) is 31.2 Å². The van der Waals surface area contributed by atoms with E-state index in [2.05, 4.69) is 5.32 Å². The molecule has 0 aliphatic carbocycles. The Balaban J connectivity index is 1.91. The number of nitro benzene ring substituents is 1. The van der Waals surface area contributed by atoms with E-state index in [1.54, 1.807) is 38.2 Å². The smallest absolute Gasteiger partial charge is 0.293 e. The second kappa shape index (κ2) is 8.19. The molecule has 10 nitrogen and oxygen atoms in total. The highest BCUT2D eigenvalue weighted by molar-refractivity contribution is 6.05. The maximum atomic E-state index is 13.2. The van der Waals surface area contributed by atoms with E-state index in [4.69, 9.17) is 5.73 Å². The Labute approximate surface area is 172 Å². The second-order valence-corrected chi connectivity index (χ2v) is 7.06. The van der Waals surface area contributed by atoms with Crippen LogP contribution in [-0.4, -0.2) is 42.3 Å². The Morgan fingerprint density at radius 3 is 2.67 bits per heavy atom. The number of rotatable bonds is 5. The molecule has 10 heteroatoms. The van der Waals surface area contributed by atoms with E-state index >= 15 is 0 Å². The van der Waals surface area contributed by atoms with Gasteiger partial charge in [0.15, 0.2) is 0 Å². The van der Waals surface area contributed by atoms with Crippen molar-refractivity contribution in [3.05, 3.63) is 58.1 Å². The van der Waals surface area contributed by atoms with Crippen LogP contribution in [0, 0.1) is 10.1 Å². The van der Waals surface area contributed by atoms with Crippen LogP contribution >= 0.6 is 0 Å². The molecule has 0 saturated heterocycles. The molecule has 0 spiro atoms. The van der Waals surface area contributed by atoms with Crippen molar-refractivity contribution in [3.63, 3.8) is 0 Å². The largest absolute Gasteiger partial charge is 0.366 e. The summed E-state index contributed by atoms with van der Waals surface area (Å²) in [6.07, 6.45) is 0.123. The Bertz CT molecular complexity index is 1040. The molecule has 1 aliphatic heterocycles. The number of hydrogen-bond donors (Lipinski definition) is 2. The fourth-order valence-electron chi connectivity index (χ4n) is 3.48. The maximum absolute atomic E-state index is 13.2. The standard InChI is InChI=1S/C20H21N5O5/c1-12-9-18(26)22-14-5-3-4-6-15(14)24(12)19(27)11-23(2)16-8-7-13(20(21)28)10-17(16)25(29)30/h3-8,10,12H,9,11H2,1-2H3,(H2,21,28)(H,22,26)/t12-/m0/s1.